The molecule has 0 saturated heterocycles. The summed E-state index contributed by atoms with van der Waals surface area (Å²) in [5.74, 6) is 2.83. The van der Waals surface area contributed by atoms with E-state index >= 15 is 0 Å². The second-order valence-electron chi connectivity index (χ2n) is 4.03. The smallest absolute Gasteiger partial charge is 0.226 e. The van der Waals surface area contributed by atoms with E-state index in [4.69, 9.17) is 4.52 Å². The Balaban J connectivity index is 2.17. The molecule has 0 radical (unpaired) electrons. The quantitative estimate of drug-likeness (QED) is 0.790. The molecule has 0 aliphatic heterocycles. The maximum Gasteiger partial charge on any atom is 0.226 e. The molecule has 86 valence electrons. The number of imidazole rings is 1. The van der Waals surface area contributed by atoms with Crippen molar-refractivity contribution in [2.24, 2.45) is 0 Å². The first-order valence-electron chi connectivity index (χ1n) is 5.53. The van der Waals surface area contributed by atoms with Crippen LogP contribution in [0.3, 0.4) is 0 Å². The minimum Gasteiger partial charge on any atom is -0.339 e. The van der Waals surface area contributed by atoms with Gasteiger partial charge in [-0.3, -0.25) is 0 Å². The van der Waals surface area contributed by atoms with Crippen LogP contribution >= 0.6 is 0 Å². The van der Waals surface area contributed by atoms with Gasteiger partial charge in [-0.05, 0) is 0 Å². The zero-order valence-electron chi connectivity index (χ0n) is 9.84. The molecule has 0 atom stereocenters. The lowest BCUT2D eigenvalue weighted by Gasteiger charge is -2.07. The van der Waals surface area contributed by atoms with Crippen molar-refractivity contribution < 1.29 is 4.52 Å². The van der Waals surface area contributed by atoms with Crippen LogP contribution in [0.4, 0.5) is 0 Å². The first-order valence-corrected chi connectivity index (χ1v) is 5.53. The third-order valence-corrected chi connectivity index (χ3v) is 2.39. The predicted molar refractivity (Wildman–Crippen MR) is 59.1 cm³/mol. The first kappa shape index (κ1) is 10.9. The predicted octanol–water partition coefficient (Wildman–Crippen LogP) is 2.00. The molecule has 2 heterocycles. The van der Waals surface area contributed by atoms with E-state index in [2.05, 4.69) is 33.5 Å². The van der Waals surface area contributed by atoms with Crippen molar-refractivity contribution in [3.63, 3.8) is 0 Å². The van der Waals surface area contributed by atoms with Crippen molar-refractivity contribution in [1.29, 1.82) is 0 Å². The van der Waals surface area contributed by atoms with E-state index in [1.165, 1.54) is 0 Å². The van der Waals surface area contributed by atoms with E-state index in [9.17, 15) is 0 Å². The van der Waals surface area contributed by atoms with E-state index in [1.54, 1.807) is 6.20 Å². The minimum absolute atomic E-state index is 0.396. The summed E-state index contributed by atoms with van der Waals surface area (Å²) in [4.78, 5) is 8.59. The summed E-state index contributed by atoms with van der Waals surface area (Å²) in [6.07, 6.45) is 4.52. The molecule has 2 aromatic rings. The average Bonchev–Trinajstić information content (AvgIpc) is 2.87. The SMILES string of the molecule is CCc1nc(Cn2ccnc2C(C)C)no1. The molecule has 0 bridgehead atoms. The van der Waals surface area contributed by atoms with Crippen LogP contribution in [0.1, 0.15) is 44.2 Å². The standard InChI is InChI=1S/C11H16N4O/c1-4-10-13-9(14-16-10)7-15-6-5-12-11(15)8(2)3/h5-6,8H,4,7H2,1-3H3. The summed E-state index contributed by atoms with van der Waals surface area (Å²) in [6, 6.07) is 0. The highest BCUT2D eigenvalue weighted by atomic mass is 16.5. The number of rotatable bonds is 4. The highest BCUT2D eigenvalue weighted by Crippen LogP contribution is 2.12. The highest BCUT2D eigenvalue weighted by molar-refractivity contribution is 5.00. The lowest BCUT2D eigenvalue weighted by Crippen LogP contribution is -2.07. The first-order chi connectivity index (χ1) is 7.70. The largest absolute Gasteiger partial charge is 0.339 e. The Morgan fingerprint density at radius 1 is 1.44 bits per heavy atom. The number of hydrogen-bond acceptors (Lipinski definition) is 4. The van der Waals surface area contributed by atoms with Crippen LogP contribution < -0.4 is 0 Å². The summed E-state index contributed by atoms with van der Waals surface area (Å²) in [5, 5.41) is 3.93. The van der Waals surface area contributed by atoms with Crippen LogP contribution in [0.15, 0.2) is 16.9 Å². The molecule has 5 nitrogen and oxygen atoms in total. The van der Waals surface area contributed by atoms with Crippen molar-refractivity contribution in [2.45, 2.75) is 39.7 Å². The molecule has 16 heavy (non-hydrogen) atoms. The van der Waals surface area contributed by atoms with Crippen LogP contribution in [0.2, 0.25) is 0 Å². The van der Waals surface area contributed by atoms with Crippen LogP contribution in [0, 0.1) is 0 Å². The highest BCUT2D eigenvalue weighted by Gasteiger charge is 2.10. The molecule has 5 heteroatoms. The third kappa shape index (κ3) is 2.13. The van der Waals surface area contributed by atoms with Crippen molar-refractivity contribution in [2.75, 3.05) is 0 Å². The second kappa shape index (κ2) is 4.47. The number of aromatic nitrogens is 4. The molecule has 0 aliphatic rings. The van der Waals surface area contributed by atoms with E-state index in [-0.39, 0.29) is 0 Å². The van der Waals surface area contributed by atoms with Gasteiger partial charge in [0.2, 0.25) is 5.89 Å². The molecular weight excluding hydrogens is 204 g/mol. The summed E-state index contributed by atoms with van der Waals surface area (Å²) in [7, 11) is 0. The molecule has 0 unspecified atom stereocenters. The van der Waals surface area contributed by atoms with E-state index in [0.717, 1.165) is 12.2 Å². The molecule has 2 rings (SSSR count). The number of hydrogen-bond donors (Lipinski definition) is 0. The van der Waals surface area contributed by atoms with Crippen LogP contribution in [-0.4, -0.2) is 19.7 Å². The van der Waals surface area contributed by atoms with Crippen molar-refractivity contribution in [3.05, 3.63) is 29.9 Å². The van der Waals surface area contributed by atoms with Gasteiger partial charge in [0.15, 0.2) is 5.82 Å². The fraction of sp³-hybridized carbons (Fsp3) is 0.545. The monoisotopic (exact) mass is 220 g/mol. The number of nitrogens with zero attached hydrogens (tertiary/aromatic N) is 4. The Hall–Kier alpha value is -1.65. The number of aryl methyl sites for hydroxylation is 1. The van der Waals surface area contributed by atoms with Gasteiger partial charge in [-0.15, -0.1) is 0 Å². The van der Waals surface area contributed by atoms with Crippen molar-refractivity contribution in [3.8, 4) is 0 Å². The van der Waals surface area contributed by atoms with Gasteiger partial charge in [0.25, 0.3) is 0 Å². The summed E-state index contributed by atoms with van der Waals surface area (Å²) in [6.45, 7) is 6.85. The van der Waals surface area contributed by atoms with Gasteiger partial charge in [0.1, 0.15) is 5.82 Å². The van der Waals surface area contributed by atoms with E-state index in [0.29, 0.717) is 24.2 Å². The van der Waals surface area contributed by atoms with Crippen LogP contribution in [0.25, 0.3) is 0 Å². The molecule has 0 fully saturated rings. The maximum atomic E-state index is 5.07. The second-order valence-corrected chi connectivity index (χ2v) is 4.03. The maximum absolute atomic E-state index is 5.07. The Bertz CT molecular complexity index is 458. The van der Waals surface area contributed by atoms with Gasteiger partial charge in [-0.1, -0.05) is 25.9 Å². The van der Waals surface area contributed by atoms with Gasteiger partial charge >= 0.3 is 0 Å². The van der Waals surface area contributed by atoms with E-state index < -0.39 is 0 Å². The molecule has 0 saturated carbocycles. The Morgan fingerprint density at radius 3 is 2.88 bits per heavy atom. The minimum atomic E-state index is 0.396. The average molecular weight is 220 g/mol. The Labute approximate surface area is 94.5 Å². The Morgan fingerprint density at radius 2 is 2.25 bits per heavy atom. The normalized spacial score (nSPS) is 11.2. The fourth-order valence-electron chi connectivity index (χ4n) is 1.61. The van der Waals surface area contributed by atoms with Gasteiger partial charge in [-0.25, -0.2) is 4.98 Å². The summed E-state index contributed by atoms with van der Waals surface area (Å²) < 4.78 is 7.12. The van der Waals surface area contributed by atoms with Crippen LogP contribution in [0.5, 0.6) is 0 Å². The molecule has 0 aliphatic carbocycles. The Kier molecular flexibility index (Phi) is 3.03. The van der Waals surface area contributed by atoms with Gasteiger partial charge in [0, 0.05) is 24.7 Å². The van der Waals surface area contributed by atoms with Gasteiger partial charge in [0.05, 0.1) is 6.54 Å². The fourth-order valence-corrected chi connectivity index (χ4v) is 1.61. The molecule has 0 amide bonds. The van der Waals surface area contributed by atoms with Crippen molar-refractivity contribution in [1.82, 2.24) is 19.7 Å². The van der Waals surface area contributed by atoms with E-state index in [1.807, 2.05) is 13.1 Å². The summed E-state index contributed by atoms with van der Waals surface area (Å²) >= 11 is 0. The zero-order valence-corrected chi connectivity index (χ0v) is 9.84. The molecule has 0 N–H and O–H groups in total. The zero-order chi connectivity index (χ0) is 11.5. The van der Waals surface area contributed by atoms with Crippen molar-refractivity contribution >= 4 is 0 Å². The lowest BCUT2D eigenvalue weighted by molar-refractivity contribution is 0.375. The summed E-state index contributed by atoms with van der Waals surface area (Å²) in [5.41, 5.74) is 0. The molecule has 0 aromatic carbocycles. The van der Waals surface area contributed by atoms with Gasteiger partial charge in [-0.2, -0.15) is 4.98 Å². The van der Waals surface area contributed by atoms with Gasteiger partial charge < -0.3 is 9.09 Å². The third-order valence-electron chi connectivity index (χ3n) is 2.39. The molecule has 2 aromatic heterocycles. The molecular formula is C11H16N4O. The topological polar surface area (TPSA) is 56.7 Å². The lowest BCUT2D eigenvalue weighted by atomic mass is 10.2. The van der Waals surface area contributed by atoms with Crippen LogP contribution in [-0.2, 0) is 13.0 Å². The molecule has 0 spiro atoms.